The highest BCUT2D eigenvalue weighted by atomic mass is 16.5. The van der Waals surface area contributed by atoms with Gasteiger partial charge in [0, 0.05) is 7.11 Å². The normalized spacial score (nSPS) is 12.9. The van der Waals surface area contributed by atoms with Crippen LogP contribution in [0.25, 0.3) is 6.08 Å². The fourth-order valence-electron chi connectivity index (χ4n) is 1.05. The maximum Gasteiger partial charge on any atom is 0.246 e. The van der Waals surface area contributed by atoms with Gasteiger partial charge in [-0.15, -0.1) is 0 Å². The zero-order chi connectivity index (χ0) is 11.1. The average molecular weight is 211 g/mol. The molecule has 1 aromatic rings. The van der Waals surface area contributed by atoms with Crippen molar-refractivity contribution in [2.45, 2.75) is 12.5 Å². The average Bonchev–Trinajstić information content (AvgIpc) is 2.76. The molecule has 2 N–H and O–H groups in total. The Balaban J connectivity index is 2.49. The molecule has 0 bridgehead atoms. The molecule has 1 amide bonds. The van der Waals surface area contributed by atoms with Gasteiger partial charge in [0.05, 0.1) is 18.8 Å². The molecule has 1 heterocycles. The van der Waals surface area contributed by atoms with Crippen LogP contribution in [0.15, 0.2) is 28.9 Å². The van der Waals surface area contributed by atoms with Gasteiger partial charge in [0.1, 0.15) is 5.76 Å². The molecule has 15 heavy (non-hydrogen) atoms. The Morgan fingerprint density at radius 3 is 3.13 bits per heavy atom. The van der Waals surface area contributed by atoms with Gasteiger partial charge < -0.3 is 9.15 Å². The second-order valence-electron chi connectivity index (χ2n) is 2.89. The highest BCUT2D eigenvalue weighted by Crippen LogP contribution is 2.06. The topological polar surface area (TPSA) is 71.7 Å². The lowest BCUT2D eigenvalue weighted by Crippen LogP contribution is -2.24. The third kappa shape index (κ3) is 3.97. The van der Waals surface area contributed by atoms with Crippen molar-refractivity contribution >= 4 is 12.0 Å². The van der Waals surface area contributed by atoms with Gasteiger partial charge in [-0.1, -0.05) is 6.08 Å². The lowest BCUT2D eigenvalue weighted by molar-refractivity contribution is -0.131. The van der Waals surface area contributed by atoms with Crippen LogP contribution in [0.3, 0.4) is 0 Å². The Kier molecular flexibility index (Phi) is 4.59. The van der Waals surface area contributed by atoms with Crippen LogP contribution in [-0.2, 0) is 9.53 Å². The molecule has 0 fully saturated rings. The molecule has 82 valence electrons. The first-order valence-electron chi connectivity index (χ1n) is 4.43. The second-order valence-corrected chi connectivity index (χ2v) is 2.89. The fraction of sp³-hybridized carbons (Fsp3) is 0.300. The van der Waals surface area contributed by atoms with E-state index < -0.39 is 5.91 Å². The first-order valence-corrected chi connectivity index (χ1v) is 4.43. The van der Waals surface area contributed by atoms with E-state index in [1.54, 1.807) is 36.0 Å². The summed E-state index contributed by atoms with van der Waals surface area (Å²) in [7, 11) is 1.49. The van der Waals surface area contributed by atoms with Crippen molar-refractivity contribution in [2.75, 3.05) is 7.11 Å². The number of hydrogen-bond acceptors (Lipinski definition) is 4. The summed E-state index contributed by atoms with van der Waals surface area (Å²) in [4.78, 5) is 10.8. The largest absolute Gasteiger partial charge is 0.465 e. The number of carbonyl (C=O) groups is 1. The molecule has 1 unspecified atom stereocenters. The minimum Gasteiger partial charge on any atom is -0.465 e. The van der Waals surface area contributed by atoms with Crippen molar-refractivity contribution in [1.29, 1.82) is 0 Å². The number of carbonyl (C=O) groups excluding carboxylic acids is 1. The monoisotopic (exact) mass is 211 g/mol. The van der Waals surface area contributed by atoms with Gasteiger partial charge in [-0.05, 0) is 18.2 Å². The summed E-state index contributed by atoms with van der Waals surface area (Å²) in [5.41, 5.74) is 1.55. The number of hydrogen-bond donors (Lipinski definition) is 2. The second kappa shape index (κ2) is 6.00. The van der Waals surface area contributed by atoms with E-state index in [1.807, 2.05) is 0 Å². The van der Waals surface area contributed by atoms with Crippen molar-refractivity contribution in [1.82, 2.24) is 5.48 Å². The van der Waals surface area contributed by atoms with E-state index in [9.17, 15) is 4.79 Å². The van der Waals surface area contributed by atoms with Crippen LogP contribution in [0.1, 0.15) is 12.2 Å². The summed E-state index contributed by atoms with van der Waals surface area (Å²) in [5, 5.41) is 8.33. The zero-order valence-electron chi connectivity index (χ0n) is 8.34. The van der Waals surface area contributed by atoms with Crippen molar-refractivity contribution in [2.24, 2.45) is 0 Å². The standard InChI is InChI=1S/C10H13NO4/c1-14-9(7-10(12)11-13)5-4-8-3-2-6-15-8/h2-6,9,13H,7H2,1H3,(H,11,12)/b5-4+. The highest BCUT2D eigenvalue weighted by molar-refractivity contribution is 5.75. The Morgan fingerprint density at radius 2 is 2.60 bits per heavy atom. The SMILES string of the molecule is COC(/C=C/c1ccco1)CC(=O)NO. The Labute approximate surface area is 87.3 Å². The van der Waals surface area contributed by atoms with Crippen molar-refractivity contribution in [3.63, 3.8) is 0 Å². The summed E-state index contributed by atoms with van der Waals surface area (Å²) in [6, 6.07) is 3.55. The molecule has 0 radical (unpaired) electrons. The van der Waals surface area contributed by atoms with Gasteiger partial charge in [0.2, 0.25) is 5.91 Å². The molecule has 0 aliphatic carbocycles. The summed E-state index contributed by atoms with van der Waals surface area (Å²) in [6.45, 7) is 0. The van der Waals surface area contributed by atoms with Crippen LogP contribution in [0, 0.1) is 0 Å². The van der Waals surface area contributed by atoms with E-state index in [1.165, 1.54) is 7.11 Å². The van der Waals surface area contributed by atoms with E-state index in [4.69, 9.17) is 14.4 Å². The lowest BCUT2D eigenvalue weighted by atomic mass is 10.2. The van der Waals surface area contributed by atoms with E-state index in [2.05, 4.69) is 0 Å². The van der Waals surface area contributed by atoms with Gasteiger partial charge in [-0.2, -0.15) is 0 Å². The summed E-state index contributed by atoms with van der Waals surface area (Å²) in [5.74, 6) is 0.187. The van der Waals surface area contributed by atoms with Gasteiger partial charge in [0.15, 0.2) is 0 Å². The van der Waals surface area contributed by atoms with Gasteiger partial charge in [-0.3, -0.25) is 10.0 Å². The third-order valence-corrected chi connectivity index (χ3v) is 1.83. The van der Waals surface area contributed by atoms with Crippen molar-refractivity contribution < 1.29 is 19.2 Å². The van der Waals surface area contributed by atoms with E-state index in [0.29, 0.717) is 5.76 Å². The lowest BCUT2D eigenvalue weighted by Gasteiger charge is -2.08. The van der Waals surface area contributed by atoms with Gasteiger partial charge in [0.25, 0.3) is 0 Å². The first-order chi connectivity index (χ1) is 7.26. The molecule has 0 aliphatic heterocycles. The molecule has 0 saturated carbocycles. The predicted molar refractivity (Wildman–Crippen MR) is 53.1 cm³/mol. The van der Waals surface area contributed by atoms with Crippen LogP contribution < -0.4 is 5.48 Å². The molecular formula is C10H13NO4. The molecule has 1 atom stereocenters. The number of nitrogens with one attached hydrogen (secondary N) is 1. The number of hydroxylamine groups is 1. The van der Waals surface area contributed by atoms with Crippen LogP contribution in [-0.4, -0.2) is 24.3 Å². The molecule has 1 rings (SSSR count). The van der Waals surface area contributed by atoms with Crippen LogP contribution in [0.4, 0.5) is 0 Å². The van der Waals surface area contributed by atoms with Crippen molar-refractivity contribution in [3.05, 3.63) is 30.2 Å². The minimum atomic E-state index is -0.494. The summed E-state index contributed by atoms with van der Waals surface area (Å²) >= 11 is 0. The van der Waals surface area contributed by atoms with E-state index in [-0.39, 0.29) is 12.5 Å². The Bertz CT molecular complexity index is 318. The number of rotatable bonds is 5. The first kappa shape index (κ1) is 11.5. The number of methoxy groups -OCH3 is 1. The molecule has 0 spiro atoms. The van der Waals surface area contributed by atoms with Crippen LogP contribution >= 0.6 is 0 Å². The number of amides is 1. The molecule has 0 aromatic carbocycles. The molecule has 5 nitrogen and oxygen atoms in total. The Hall–Kier alpha value is -1.59. The smallest absolute Gasteiger partial charge is 0.246 e. The Morgan fingerprint density at radius 1 is 1.80 bits per heavy atom. The maximum absolute atomic E-state index is 10.8. The van der Waals surface area contributed by atoms with Gasteiger partial charge >= 0.3 is 0 Å². The third-order valence-electron chi connectivity index (χ3n) is 1.83. The number of furan rings is 1. The molecular weight excluding hydrogens is 198 g/mol. The molecule has 1 aromatic heterocycles. The van der Waals surface area contributed by atoms with Crippen LogP contribution in [0.2, 0.25) is 0 Å². The summed E-state index contributed by atoms with van der Waals surface area (Å²) < 4.78 is 10.1. The molecule has 0 aliphatic rings. The van der Waals surface area contributed by atoms with Crippen LogP contribution in [0.5, 0.6) is 0 Å². The quantitative estimate of drug-likeness (QED) is 0.567. The van der Waals surface area contributed by atoms with E-state index in [0.717, 1.165) is 0 Å². The highest BCUT2D eigenvalue weighted by Gasteiger charge is 2.08. The van der Waals surface area contributed by atoms with Crippen molar-refractivity contribution in [3.8, 4) is 0 Å². The maximum atomic E-state index is 10.8. The van der Waals surface area contributed by atoms with E-state index >= 15 is 0 Å². The minimum absolute atomic E-state index is 0.0597. The summed E-state index contributed by atoms with van der Waals surface area (Å²) in [6.07, 6.45) is 4.63. The number of ether oxygens (including phenoxy) is 1. The zero-order valence-corrected chi connectivity index (χ0v) is 8.34. The predicted octanol–water partition coefficient (Wildman–Crippen LogP) is 1.20. The van der Waals surface area contributed by atoms with Gasteiger partial charge in [-0.25, -0.2) is 5.48 Å². The molecule has 0 saturated heterocycles. The molecule has 5 heteroatoms. The fourth-order valence-corrected chi connectivity index (χ4v) is 1.05.